The summed E-state index contributed by atoms with van der Waals surface area (Å²) in [6.45, 7) is 1.44. The Morgan fingerprint density at radius 3 is 3.00 bits per heavy atom. The molecular formula is C9H13N3O5S. The van der Waals surface area contributed by atoms with Crippen LogP contribution in [0.2, 0.25) is 0 Å². The van der Waals surface area contributed by atoms with Crippen molar-refractivity contribution in [2.75, 3.05) is 13.2 Å². The lowest BCUT2D eigenvalue weighted by Gasteiger charge is -2.24. The Kier molecular flexibility index (Phi) is 3.13. The topological polar surface area (TPSA) is 121 Å². The SMILES string of the molecule is CC1(C(=O)O)COCC1NS(=O)(=O)c1cnc[nH]1. The monoisotopic (exact) mass is 275 g/mol. The lowest BCUT2D eigenvalue weighted by atomic mass is 9.86. The highest BCUT2D eigenvalue weighted by Crippen LogP contribution is 2.29. The van der Waals surface area contributed by atoms with Crippen molar-refractivity contribution >= 4 is 16.0 Å². The van der Waals surface area contributed by atoms with Crippen LogP contribution in [0.1, 0.15) is 6.92 Å². The zero-order valence-electron chi connectivity index (χ0n) is 9.58. The quantitative estimate of drug-likeness (QED) is 0.660. The van der Waals surface area contributed by atoms with Crippen molar-refractivity contribution in [2.24, 2.45) is 5.41 Å². The molecule has 0 amide bonds. The molecule has 2 heterocycles. The Morgan fingerprint density at radius 2 is 2.44 bits per heavy atom. The molecule has 1 fully saturated rings. The molecule has 0 aromatic carbocycles. The molecule has 0 bridgehead atoms. The van der Waals surface area contributed by atoms with Crippen LogP contribution in [0.15, 0.2) is 17.6 Å². The predicted molar refractivity (Wildman–Crippen MR) is 59.3 cm³/mol. The summed E-state index contributed by atoms with van der Waals surface area (Å²) >= 11 is 0. The van der Waals surface area contributed by atoms with Crippen molar-refractivity contribution in [3.05, 3.63) is 12.5 Å². The van der Waals surface area contributed by atoms with Gasteiger partial charge in [0.25, 0.3) is 10.0 Å². The van der Waals surface area contributed by atoms with Crippen LogP contribution in [-0.4, -0.2) is 48.7 Å². The molecule has 3 N–H and O–H groups in total. The summed E-state index contributed by atoms with van der Waals surface area (Å²) in [6, 6.07) is -0.816. The molecule has 2 rings (SSSR count). The van der Waals surface area contributed by atoms with Gasteiger partial charge in [0.05, 0.1) is 31.8 Å². The van der Waals surface area contributed by atoms with Crippen LogP contribution in [-0.2, 0) is 19.6 Å². The minimum absolute atomic E-state index is 0.0240. The molecular weight excluding hydrogens is 262 g/mol. The summed E-state index contributed by atoms with van der Waals surface area (Å²) < 4.78 is 31.2. The molecule has 1 saturated heterocycles. The number of H-pyrrole nitrogens is 1. The third kappa shape index (κ3) is 2.11. The molecule has 8 nitrogen and oxygen atoms in total. The van der Waals surface area contributed by atoms with Gasteiger partial charge in [-0.3, -0.25) is 4.79 Å². The summed E-state index contributed by atoms with van der Waals surface area (Å²) in [6.07, 6.45) is 2.38. The van der Waals surface area contributed by atoms with Crippen LogP contribution in [0.3, 0.4) is 0 Å². The first-order valence-corrected chi connectivity index (χ1v) is 6.66. The molecule has 1 aromatic rings. The fourth-order valence-electron chi connectivity index (χ4n) is 1.69. The second-order valence-corrected chi connectivity index (χ2v) is 6.01. The summed E-state index contributed by atoms with van der Waals surface area (Å²) in [5, 5.41) is 9.03. The number of nitrogens with zero attached hydrogens (tertiary/aromatic N) is 1. The molecule has 9 heteroatoms. The number of aromatic amines is 1. The van der Waals surface area contributed by atoms with E-state index in [1.807, 2.05) is 0 Å². The van der Waals surface area contributed by atoms with E-state index in [4.69, 9.17) is 9.84 Å². The van der Waals surface area contributed by atoms with E-state index in [-0.39, 0.29) is 18.2 Å². The van der Waals surface area contributed by atoms with Crippen molar-refractivity contribution in [3.63, 3.8) is 0 Å². The fourth-order valence-corrected chi connectivity index (χ4v) is 2.93. The standard InChI is InChI=1S/C9H13N3O5S/c1-9(8(13)14)4-17-3-6(9)12-18(15,16)7-2-10-5-11-7/h2,5-6,12H,3-4H2,1H3,(H,10,11)(H,13,14). The largest absolute Gasteiger partial charge is 0.481 e. The number of carbonyl (C=O) groups is 1. The van der Waals surface area contributed by atoms with E-state index in [2.05, 4.69) is 14.7 Å². The van der Waals surface area contributed by atoms with Crippen LogP contribution in [0.5, 0.6) is 0 Å². The molecule has 0 saturated carbocycles. The van der Waals surface area contributed by atoms with E-state index in [0.29, 0.717) is 0 Å². The second kappa shape index (κ2) is 4.34. The first kappa shape index (κ1) is 13.0. The molecule has 18 heavy (non-hydrogen) atoms. The smallest absolute Gasteiger partial charge is 0.313 e. The van der Waals surface area contributed by atoms with Crippen LogP contribution in [0.25, 0.3) is 0 Å². The lowest BCUT2D eigenvalue weighted by molar-refractivity contribution is -0.148. The predicted octanol–water partition coefficient (Wildman–Crippen LogP) is -0.822. The molecule has 1 aliphatic heterocycles. The number of sulfonamides is 1. The Morgan fingerprint density at radius 1 is 1.72 bits per heavy atom. The van der Waals surface area contributed by atoms with Gasteiger partial charge in [0, 0.05) is 0 Å². The zero-order valence-corrected chi connectivity index (χ0v) is 10.4. The van der Waals surface area contributed by atoms with Gasteiger partial charge in [-0.2, -0.15) is 0 Å². The number of hydrogen-bond donors (Lipinski definition) is 3. The van der Waals surface area contributed by atoms with Crippen LogP contribution in [0.4, 0.5) is 0 Å². The van der Waals surface area contributed by atoms with Crippen molar-refractivity contribution in [1.29, 1.82) is 0 Å². The number of carboxylic acids is 1. The van der Waals surface area contributed by atoms with Gasteiger partial charge in [-0.25, -0.2) is 18.1 Å². The second-order valence-electron chi connectivity index (χ2n) is 4.33. The molecule has 0 radical (unpaired) electrons. The van der Waals surface area contributed by atoms with Crippen molar-refractivity contribution in [3.8, 4) is 0 Å². The summed E-state index contributed by atoms with van der Waals surface area (Å²) in [4.78, 5) is 17.2. The number of nitrogens with one attached hydrogen (secondary N) is 2. The molecule has 1 aliphatic rings. The summed E-state index contributed by atoms with van der Waals surface area (Å²) in [7, 11) is -3.82. The number of carboxylic acid groups (broad SMARTS) is 1. The van der Waals surface area contributed by atoms with E-state index in [1.54, 1.807) is 0 Å². The molecule has 2 atom stereocenters. The van der Waals surface area contributed by atoms with Crippen LogP contribution in [0, 0.1) is 5.41 Å². The van der Waals surface area contributed by atoms with Crippen LogP contribution < -0.4 is 4.72 Å². The maximum Gasteiger partial charge on any atom is 0.313 e. The van der Waals surface area contributed by atoms with Crippen molar-refractivity contribution in [2.45, 2.75) is 18.0 Å². The number of aromatic nitrogens is 2. The molecule has 2 unspecified atom stereocenters. The van der Waals surface area contributed by atoms with Gasteiger partial charge >= 0.3 is 5.97 Å². The number of rotatable bonds is 4. The maximum absolute atomic E-state index is 11.9. The highest BCUT2D eigenvalue weighted by molar-refractivity contribution is 7.89. The number of imidazole rings is 1. The Labute approximate surface area is 103 Å². The lowest BCUT2D eigenvalue weighted by Crippen LogP contribution is -2.49. The van der Waals surface area contributed by atoms with Gasteiger partial charge in [0.1, 0.15) is 5.41 Å². The van der Waals surface area contributed by atoms with E-state index in [9.17, 15) is 13.2 Å². The average Bonchev–Trinajstić information content (AvgIpc) is 2.89. The first-order valence-electron chi connectivity index (χ1n) is 5.18. The van der Waals surface area contributed by atoms with E-state index in [1.165, 1.54) is 13.3 Å². The number of aliphatic carboxylic acids is 1. The molecule has 0 aliphatic carbocycles. The Hall–Kier alpha value is -1.45. The van der Waals surface area contributed by atoms with Gasteiger partial charge in [-0.1, -0.05) is 0 Å². The summed E-state index contributed by atoms with van der Waals surface area (Å²) in [5.41, 5.74) is -1.27. The molecule has 100 valence electrons. The normalized spacial score (nSPS) is 28.4. The van der Waals surface area contributed by atoms with Gasteiger partial charge < -0.3 is 14.8 Å². The fraction of sp³-hybridized carbons (Fsp3) is 0.556. The third-order valence-electron chi connectivity index (χ3n) is 3.00. The Bertz CT molecular complexity index is 541. The third-order valence-corrected chi connectivity index (χ3v) is 4.40. The summed E-state index contributed by atoms with van der Waals surface area (Å²) in [5.74, 6) is -1.10. The van der Waals surface area contributed by atoms with Crippen molar-refractivity contribution < 1.29 is 23.1 Å². The maximum atomic E-state index is 11.9. The Balaban J connectivity index is 2.22. The van der Waals surface area contributed by atoms with E-state index < -0.39 is 27.4 Å². The first-order chi connectivity index (χ1) is 8.36. The highest BCUT2D eigenvalue weighted by Gasteiger charge is 2.48. The van der Waals surface area contributed by atoms with Crippen LogP contribution >= 0.6 is 0 Å². The highest BCUT2D eigenvalue weighted by atomic mass is 32.2. The van der Waals surface area contributed by atoms with E-state index >= 15 is 0 Å². The average molecular weight is 275 g/mol. The van der Waals surface area contributed by atoms with E-state index in [0.717, 1.165) is 6.20 Å². The number of ether oxygens (including phenoxy) is 1. The number of hydrogen-bond acceptors (Lipinski definition) is 5. The zero-order chi connectivity index (χ0) is 13.4. The minimum Gasteiger partial charge on any atom is -0.481 e. The van der Waals surface area contributed by atoms with Gasteiger partial charge in [-0.05, 0) is 6.92 Å². The van der Waals surface area contributed by atoms with Crippen molar-refractivity contribution in [1.82, 2.24) is 14.7 Å². The molecule has 0 spiro atoms. The minimum atomic E-state index is -3.82. The van der Waals surface area contributed by atoms with Gasteiger partial charge in [0.15, 0.2) is 5.03 Å². The van der Waals surface area contributed by atoms with Gasteiger partial charge in [-0.15, -0.1) is 0 Å². The molecule has 1 aromatic heterocycles. The van der Waals surface area contributed by atoms with Gasteiger partial charge in [0.2, 0.25) is 0 Å².